The summed E-state index contributed by atoms with van der Waals surface area (Å²) in [5.74, 6) is -0.416. The number of benzene rings is 1. The summed E-state index contributed by atoms with van der Waals surface area (Å²) >= 11 is 0. The first-order chi connectivity index (χ1) is 9.77. The summed E-state index contributed by atoms with van der Waals surface area (Å²) in [6, 6.07) is 4.60. The summed E-state index contributed by atoms with van der Waals surface area (Å²) in [6.45, 7) is 3.66. The van der Waals surface area contributed by atoms with E-state index in [0.29, 0.717) is 17.8 Å². The summed E-state index contributed by atoms with van der Waals surface area (Å²) in [6.07, 6.45) is -0.771. The van der Waals surface area contributed by atoms with Gasteiger partial charge in [-0.3, -0.25) is 14.9 Å². The molecule has 0 aliphatic heterocycles. The highest BCUT2D eigenvalue weighted by atomic mass is 16.6. The van der Waals surface area contributed by atoms with E-state index in [9.17, 15) is 20.0 Å². The van der Waals surface area contributed by atoms with E-state index in [4.69, 9.17) is 0 Å². The Kier molecular flexibility index (Phi) is 5.66. The molecule has 1 amide bonds. The third-order valence-corrected chi connectivity index (χ3v) is 3.33. The molecule has 2 N–H and O–H groups in total. The molecule has 0 fully saturated rings. The van der Waals surface area contributed by atoms with E-state index in [0.717, 1.165) is 0 Å². The lowest BCUT2D eigenvalue weighted by Gasteiger charge is -2.23. The number of nitrogens with one attached hydrogen (secondary N) is 1. The van der Waals surface area contributed by atoms with Gasteiger partial charge in [-0.2, -0.15) is 0 Å². The van der Waals surface area contributed by atoms with E-state index in [1.807, 2.05) is 0 Å². The molecular formula is C14H21N3O4. The summed E-state index contributed by atoms with van der Waals surface area (Å²) < 4.78 is 0. The van der Waals surface area contributed by atoms with Crippen LogP contribution in [0.25, 0.3) is 0 Å². The molecular weight excluding hydrogens is 274 g/mol. The van der Waals surface area contributed by atoms with Crippen molar-refractivity contribution in [1.82, 2.24) is 5.32 Å². The first kappa shape index (κ1) is 16.9. The third-order valence-electron chi connectivity index (χ3n) is 3.33. The van der Waals surface area contributed by atoms with Crippen molar-refractivity contribution in [3.8, 4) is 0 Å². The Bertz CT molecular complexity index is 531. The van der Waals surface area contributed by atoms with Crippen LogP contribution >= 0.6 is 0 Å². The number of anilines is 1. The van der Waals surface area contributed by atoms with Crippen molar-refractivity contribution < 1.29 is 14.8 Å². The van der Waals surface area contributed by atoms with E-state index in [1.165, 1.54) is 6.07 Å². The molecule has 1 aromatic carbocycles. The Labute approximate surface area is 123 Å². The molecule has 21 heavy (non-hydrogen) atoms. The van der Waals surface area contributed by atoms with Gasteiger partial charge in [0.15, 0.2) is 0 Å². The van der Waals surface area contributed by atoms with Gasteiger partial charge in [-0.15, -0.1) is 0 Å². The van der Waals surface area contributed by atoms with Crippen LogP contribution < -0.4 is 10.2 Å². The first-order valence-electron chi connectivity index (χ1n) is 6.67. The molecule has 0 aromatic heterocycles. The van der Waals surface area contributed by atoms with Gasteiger partial charge >= 0.3 is 0 Å². The highest BCUT2D eigenvalue weighted by molar-refractivity contribution is 5.79. The van der Waals surface area contributed by atoms with Gasteiger partial charge in [-0.25, -0.2) is 0 Å². The minimum absolute atomic E-state index is 0.0833. The maximum absolute atomic E-state index is 11.5. The van der Waals surface area contributed by atoms with Crippen molar-refractivity contribution in [2.75, 3.05) is 25.5 Å². The molecule has 1 rings (SSSR count). The molecule has 0 spiro atoms. The smallest absolute Gasteiger partial charge is 0.292 e. The van der Waals surface area contributed by atoms with Gasteiger partial charge in [0, 0.05) is 26.7 Å². The van der Waals surface area contributed by atoms with Crippen LogP contribution in [0.1, 0.15) is 25.5 Å². The topological polar surface area (TPSA) is 95.7 Å². The quantitative estimate of drug-likeness (QED) is 0.612. The average Bonchev–Trinajstić information content (AvgIpc) is 2.45. The summed E-state index contributed by atoms with van der Waals surface area (Å²) in [4.78, 5) is 23.9. The number of hydrogen-bond donors (Lipinski definition) is 2. The van der Waals surface area contributed by atoms with Gasteiger partial charge in [0.2, 0.25) is 5.91 Å². The molecule has 0 saturated carbocycles. The van der Waals surface area contributed by atoms with Gasteiger partial charge in [0.1, 0.15) is 5.69 Å². The number of carbonyl (C=O) groups is 1. The lowest BCUT2D eigenvalue weighted by molar-refractivity contribution is -0.384. The number of carbonyl (C=O) groups excluding carboxylic acids is 1. The van der Waals surface area contributed by atoms with Gasteiger partial charge < -0.3 is 15.3 Å². The lowest BCUT2D eigenvalue weighted by Crippen LogP contribution is -2.34. The summed E-state index contributed by atoms with van der Waals surface area (Å²) in [5, 5.41) is 23.3. The largest absolute Gasteiger partial charge is 0.389 e. The number of rotatable bonds is 6. The fraction of sp³-hybridized carbons (Fsp3) is 0.500. The third kappa shape index (κ3) is 4.16. The molecule has 0 bridgehead atoms. The van der Waals surface area contributed by atoms with Crippen LogP contribution in [0, 0.1) is 16.0 Å². The van der Waals surface area contributed by atoms with E-state index < -0.39 is 11.0 Å². The molecule has 2 atom stereocenters. The van der Waals surface area contributed by atoms with E-state index in [2.05, 4.69) is 5.32 Å². The van der Waals surface area contributed by atoms with Crippen LogP contribution in [0.4, 0.5) is 11.4 Å². The number of amides is 1. The Balaban J connectivity index is 3.06. The second-order valence-corrected chi connectivity index (χ2v) is 5.08. The lowest BCUT2D eigenvalue weighted by atomic mass is 10.1. The Morgan fingerprint density at radius 2 is 2.10 bits per heavy atom. The zero-order valence-electron chi connectivity index (χ0n) is 12.7. The van der Waals surface area contributed by atoms with Gasteiger partial charge in [0.25, 0.3) is 5.69 Å². The van der Waals surface area contributed by atoms with E-state index in [1.54, 1.807) is 45.0 Å². The van der Waals surface area contributed by atoms with Crippen LogP contribution in [0.15, 0.2) is 18.2 Å². The van der Waals surface area contributed by atoms with Crippen molar-refractivity contribution >= 4 is 17.3 Å². The van der Waals surface area contributed by atoms with Crippen LogP contribution in [0.5, 0.6) is 0 Å². The molecule has 116 valence electrons. The number of nitrogens with zero attached hydrogens (tertiary/aromatic N) is 2. The zero-order valence-corrected chi connectivity index (χ0v) is 12.7. The highest BCUT2D eigenvalue weighted by Crippen LogP contribution is 2.30. The minimum Gasteiger partial charge on any atom is -0.389 e. The predicted octanol–water partition coefficient (Wildman–Crippen LogP) is 1.47. The Hall–Kier alpha value is -2.15. The van der Waals surface area contributed by atoms with Gasteiger partial charge in [0.05, 0.1) is 16.9 Å². The summed E-state index contributed by atoms with van der Waals surface area (Å²) in [5.41, 5.74) is 0.818. The van der Waals surface area contributed by atoms with Crippen LogP contribution in [0.2, 0.25) is 0 Å². The van der Waals surface area contributed by atoms with Crippen molar-refractivity contribution in [2.45, 2.75) is 20.0 Å². The molecule has 1 aromatic rings. The van der Waals surface area contributed by atoms with Crippen LogP contribution in [-0.4, -0.2) is 36.6 Å². The number of nitro benzene ring substituents is 1. The Morgan fingerprint density at radius 1 is 1.48 bits per heavy atom. The van der Waals surface area contributed by atoms with E-state index in [-0.39, 0.29) is 17.5 Å². The van der Waals surface area contributed by atoms with E-state index >= 15 is 0 Å². The molecule has 0 heterocycles. The number of hydrogen-bond acceptors (Lipinski definition) is 5. The highest BCUT2D eigenvalue weighted by Gasteiger charge is 2.22. The number of aliphatic hydroxyl groups is 1. The molecule has 7 nitrogen and oxygen atoms in total. The van der Waals surface area contributed by atoms with Crippen LogP contribution in [0.3, 0.4) is 0 Å². The average molecular weight is 295 g/mol. The Morgan fingerprint density at radius 3 is 2.57 bits per heavy atom. The molecule has 0 saturated heterocycles. The molecule has 1 unspecified atom stereocenters. The van der Waals surface area contributed by atoms with Crippen molar-refractivity contribution in [1.29, 1.82) is 0 Å². The first-order valence-corrected chi connectivity index (χ1v) is 6.67. The predicted molar refractivity (Wildman–Crippen MR) is 80.2 cm³/mol. The van der Waals surface area contributed by atoms with Gasteiger partial charge in [-0.1, -0.05) is 13.0 Å². The SMILES string of the molecule is CNC(=O)C(C)CN(C)c1ccc([C@H](C)O)cc1[N+](=O)[O-]. The fourth-order valence-corrected chi connectivity index (χ4v) is 2.11. The molecule has 0 aliphatic rings. The normalized spacial score (nSPS) is 13.4. The molecule has 0 aliphatic carbocycles. The monoisotopic (exact) mass is 295 g/mol. The maximum Gasteiger partial charge on any atom is 0.292 e. The number of nitro groups is 1. The second kappa shape index (κ2) is 7.03. The maximum atomic E-state index is 11.5. The minimum atomic E-state index is -0.771. The fourth-order valence-electron chi connectivity index (χ4n) is 2.11. The van der Waals surface area contributed by atoms with Crippen molar-refractivity contribution in [3.05, 3.63) is 33.9 Å². The number of aliphatic hydroxyl groups excluding tert-OH is 1. The van der Waals surface area contributed by atoms with Crippen LogP contribution in [-0.2, 0) is 4.79 Å². The molecule has 7 heteroatoms. The summed E-state index contributed by atoms with van der Waals surface area (Å²) in [7, 11) is 3.25. The van der Waals surface area contributed by atoms with Crippen molar-refractivity contribution in [3.63, 3.8) is 0 Å². The zero-order chi connectivity index (χ0) is 16.2. The standard InChI is InChI=1S/C14H21N3O4/c1-9(14(19)15-3)8-16(4)12-6-5-11(10(2)18)7-13(12)17(20)21/h5-7,9-10,18H,8H2,1-4H3,(H,15,19)/t9?,10-/m0/s1. The van der Waals surface area contributed by atoms with Gasteiger partial charge in [-0.05, 0) is 18.6 Å². The second-order valence-electron chi connectivity index (χ2n) is 5.08. The molecule has 0 radical (unpaired) electrons. The van der Waals surface area contributed by atoms with Crippen molar-refractivity contribution in [2.24, 2.45) is 5.92 Å².